The number of H-pyrrole nitrogens is 1. The van der Waals surface area contributed by atoms with E-state index in [1.807, 2.05) is 24.3 Å². The molecule has 0 aliphatic carbocycles. The molecule has 2 aromatic heterocycles. The van der Waals surface area contributed by atoms with Crippen molar-refractivity contribution in [2.45, 2.75) is 16.7 Å². The van der Waals surface area contributed by atoms with Crippen LogP contribution in [0.4, 0.5) is 0 Å². The van der Waals surface area contributed by atoms with E-state index in [0.717, 1.165) is 27.5 Å². The summed E-state index contributed by atoms with van der Waals surface area (Å²) in [5.41, 5.74) is 8.29. The van der Waals surface area contributed by atoms with Crippen molar-refractivity contribution in [3.05, 3.63) is 41.0 Å². The van der Waals surface area contributed by atoms with Crippen LogP contribution in [-0.2, 0) is 6.54 Å². The van der Waals surface area contributed by atoms with Gasteiger partial charge in [-0.2, -0.15) is 0 Å². The predicted octanol–water partition coefficient (Wildman–Crippen LogP) is 3.23. The molecule has 3 aromatic rings. The highest BCUT2D eigenvalue weighted by atomic mass is 35.5. The number of pyridine rings is 1. The first kappa shape index (κ1) is 14.2. The molecule has 0 amide bonds. The number of aromatic amines is 1. The number of hydrogen-bond donors (Lipinski definition) is 2. The van der Waals surface area contributed by atoms with Crippen LogP contribution in [0.1, 0.15) is 5.56 Å². The van der Waals surface area contributed by atoms with Crippen LogP contribution < -0.4 is 10.5 Å². The molecule has 0 aliphatic heterocycles. The van der Waals surface area contributed by atoms with Crippen LogP contribution in [0.3, 0.4) is 0 Å². The van der Waals surface area contributed by atoms with Gasteiger partial charge in [0.2, 0.25) is 0 Å². The molecule has 0 unspecified atom stereocenters. The Balaban J connectivity index is 1.95. The monoisotopic (exact) mass is 320 g/mol. The fraction of sp³-hybridized carbons (Fsp3) is 0.143. The van der Waals surface area contributed by atoms with Gasteiger partial charge in [-0.05, 0) is 35.5 Å². The molecule has 0 atom stereocenters. The van der Waals surface area contributed by atoms with Crippen LogP contribution in [-0.4, -0.2) is 22.1 Å². The lowest BCUT2D eigenvalue weighted by atomic mass is 10.3. The lowest BCUT2D eigenvalue weighted by Gasteiger charge is -2.04. The fourth-order valence-electron chi connectivity index (χ4n) is 1.92. The normalized spacial score (nSPS) is 11.0. The number of hydrogen-bond acceptors (Lipinski definition) is 5. The molecule has 0 spiro atoms. The largest absolute Gasteiger partial charge is 0.497 e. The van der Waals surface area contributed by atoms with Gasteiger partial charge >= 0.3 is 0 Å². The van der Waals surface area contributed by atoms with Crippen molar-refractivity contribution < 1.29 is 4.74 Å². The summed E-state index contributed by atoms with van der Waals surface area (Å²) in [5, 5.41) is 1.98. The number of nitrogens with zero attached hydrogens (tertiary/aromatic N) is 2. The number of nitrogens with two attached hydrogens (primary N) is 1. The Hall–Kier alpha value is -1.76. The summed E-state index contributed by atoms with van der Waals surface area (Å²) in [6, 6.07) is 7.49. The van der Waals surface area contributed by atoms with E-state index in [-0.39, 0.29) is 0 Å². The Kier molecular flexibility index (Phi) is 4.01. The van der Waals surface area contributed by atoms with Gasteiger partial charge in [0.25, 0.3) is 0 Å². The Labute approximate surface area is 130 Å². The number of halogens is 1. The summed E-state index contributed by atoms with van der Waals surface area (Å²) in [7, 11) is 1.63. The van der Waals surface area contributed by atoms with Crippen molar-refractivity contribution in [2.24, 2.45) is 5.73 Å². The SMILES string of the molecule is COc1ccc2nc(Sc3nccc(CN)c3Cl)[nH]c2c1. The first-order valence-electron chi connectivity index (χ1n) is 6.26. The van der Waals surface area contributed by atoms with E-state index >= 15 is 0 Å². The van der Waals surface area contributed by atoms with Crippen LogP contribution in [0.5, 0.6) is 5.75 Å². The molecule has 5 nitrogen and oxygen atoms in total. The van der Waals surface area contributed by atoms with Crippen LogP contribution >= 0.6 is 23.4 Å². The van der Waals surface area contributed by atoms with Crippen molar-refractivity contribution in [3.8, 4) is 5.75 Å². The summed E-state index contributed by atoms with van der Waals surface area (Å²) in [4.78, 5) is 12.0. The highest BCUT2D eigenvalue weighted by Crippen LogP contribution is 2.33. The van der Waals surface area contributed by atoms with E-state index < -0.39 is 0 Å². The maximum Gasteiger partial charge on any atom is 0.172 e. The maximum absolute atomic E-state index is 6.28. The second-order valence-electron chi connectivity index (χ2n) is 4.32. The van der Waals surface area contributed by atoms with Gasteiger partial charge in [0.1, 0.15) is 10.8 Å². The van der Waals surface area contributed by atoms with E-state index in [1.54, 1.807) is 13.3 Å². The van der Waals surface area contributed by atoms with Gasteiger partial charge in [-0.25, -0.2) is 9.97 Å². The minimum absolute atomic E-state index is 0.381. The zero-order valence-corrected chi connectivity index (χ0v) is 12.8. The van der Waals surface area contributed by atoms with Gasteiger partial charge in [-0.1, -0.05) is 11.6 Å². The molecule has 3 N–H and O–H groups in total. The molecule has 0 saturated carbocycles. The first-order chi connectivity index (χ1) is 10.2. The smallest absolute Gasteiger partial charge is 0.172 e. The van der Waals surface area contributed by atoms with Crippen molar-refractivity contribution in [1.82, 2.24) is 15.0 Å². The molecular weight excluding hydrogens is 308 g/mol. The van der Waals surface area contributed by atoms with Gasteiger partial charge in [0, 0.05) is 18.8 Å². The van der Waals surface area contributed by atoms with Crippen LogP contribution in [0.2, 0.25) is 5.02 Å². The minimum atomic E-state index is 0.381. The van der Waals surface area contributed by atoms with Gasteiger partial charge in [-0.3, -0.25) is 0 Å². The van der Waals surface area contributed by atoms with Crippen LogP contribution in [0.25, 0.3) is 11.0 Å². The third-order valence-corrected chi connectivity index (χ3v) is 4.44. The second-order valence-corrected chi connectivity index (χ2v) is 5.68. The Morgan fingerprint density at radius 2 is 2.24 bits per heavy atom. The number of rotatable bonds is 4. The highest BCUT2D eigenvalue weighted by Gasteiger charge is 2.11. The third kappa shape index (κ3) is 2.83. The molecule has 21 heavy (non-hydrogen) atoms. The quantitative estimate of drug-likeness (QED) is 0.771. The lowest BCUT2D eigenvalue weighted by molar-refractivity contribution is 0.415. The van der Waals surface area contributed by atoms with Crippen molar-refractivity contribution in [2.75, 3.05) is 7.11 Å². The summed E-state index contributed by atoms with van der Waals surface area (Å²) in [5.74, 6) is 0.781. The number of methoxy groups -OCH3 is 1. The number of fused-ring (bicyclic) bond motifs is 1. The highest BCUT2D eigenvalue weighted by molar-refractivity contribution is 7.99. The summed E-state index contributed by atoms with van der Waals surface area (Å²) >= 11 is 7.66. The molecule has 0 bridgehead atoms. The molecule has 1 aromatic carbocycles. The summed E-state index contributed by atoms with van der Waals surface area (Å²) in [6.07, 6.45) is 1.70. The average Bonchev–Trinajstić information content (AvgIpc) is 2.90. The van der Waals surface area contributed by atoms with Gasteiger partial charge in [0.05, 0.1) is 23.2 Å². The minimum Gasteiger partial charge on any atom is -0.497 e. The zero-order valence-electron chi connectivity index (χ0n) is 11.3. The topological polar surface area (TPSA) is 76.8 Å². The van der Waals surface area contributed by atoms with Gasteiger partial charge < -0.3 is 15.5 Å². The van der Waals surface area contributed by atoms with Gasteiger partial charge in [0.15, 0.2) is 5.16 Å². The Bertz CT molecular complexity index is 790. The van der Waals surface area contributed by atoms with Crippen molar-refractivity contribution in [3.63, 3.8) is 0 Å². The number of aromatic nitrogens is 3. The standard InChI is InChI=1S/C14H13ClN4OS/c1-20-9-2-3-10-11(6-9)19-14(18-10)21-13-12(15)8(7-16)4-5-17-13/h2-6H,7,16H2,1H3,(H,18,19). The van der Waals surface area contributed by atoms with Crippen LogP contribution in [0, 0.1) is 0 Å². The molecule has 3 rings (SSSR count). The second kappa shape index (κ2) is 5.93. The number of ether oxygens (including phenoxy) is 1. The molecule has 0 saturated heterocycles. The maximum atomic E-state index is 6.28. The molecule has 108 valence electrons. The Morgan fingerprint density at radius 1 is 1.38 bits per heavy atom. The van der Waals surface area contributed by atoms with Crippen molar-refractivity contribution >= 4 is 34.4 Å². The predicted molar refractivity (Wildman–Crippen MR) is 83.9 cm³/mol. The van der Waals surface area contributed by atoms with E-state index in [1.165, 1.54) is 11.8 Å². The molecule has 0 aliphatic rings. The van der Waals surface area contributed by atoms with E-state index in [9.17, 15) is 0 Å². The third-order valence-electron chi connectivity index (χ3n) is 3.02. The average molecular weight is 321 g/mol. The zero-order chi connectivity index (χ0) is 14.8. The van der Waals surface area contributed by atoms with E-state index in [0.29, 0.717) is 16.6 Å². The van der Waals surface area contributed by atoms with Crippen molar-refractivity contribution in [1.29, 1.82) is 0 Å². The number of nitrogens with one attached hydrogen (secondary N) is 1. The lowest BCUT2D eigenvalue weighted by Crippen LogP contribution is -1.98. The summed E-state index contributed by atoms with van der Waals surface area (Å²) < 4.78 is 5.20. The first-order valence-corrected chi connectivity index (χ1v) is 7.45. The Morgan fingerprint density at radius 3 is 3.00 bits per heavy atom. The molecule has 0 radical (unpaired) electrons. The number of imidazole rings is 1. The fourth-order valence-corrected chi connectivity index (χ4v) is 3.05. The molecule has 2 heterocycles. The van der Waals surface area contributed by atoms with E-state index in [2.05, 4.69) is 15.0 Å². The molecular formula is C14H13ClN4OS. The number of benzene rings is 1. The molecule has 7 heteroatoms. The van der Waals surface area contributed by atoms with Gasteiger partial charge in [-0.15, -0.1) is 0 Å². The van der Waals surface area contributed by atoms with Crippen LogP contribution in [0.15, 0.2) is 40.6 Å². The summed E-state index contributed by atoms with van der Waals surface area (Å²) in [6.45, 7) is 0.381. The molecule has 0 fully saturated rings. The van der Waals surface area contributed by atoms with E-state index in [4.69, 9.17) is 22.1 Å².